The molecule has 0 saturated carbocycles. The molecule has 1 N–H and O–H groups in total. The van der Waals surface area contributed by atoms with Crippen LogP contribution in [0.3, 0.4) is 0 Å². The van der Waals surface area contributed by atoms with Gasteiger partial charge in [-0.1, -0.05) is 17.7 Å². The van der Waals surface area contributed by atoms with Crippen molar-refractivity contribution in [3.05, 3.63) is 47.5 Å². The van der Waals surface area contributed by atoms with E-state index < -0.39 is 0 Å². The van der Waals surface area contributed by atoms with Crippen molar-refractivity contribution in [2.45, 2.75) is 32.7 Å². The maximum absolute atomic E-state index is 12.8. The number of hydrogen-bond acceptors (Lipinski definition) is 4. The summed E-state index contributed by atoms with van der Waals surface area (Å²) in [4.78, 5) is 15.0. The first-order chi connectivity index (χ1) is 12.1. The summed E-state index contributed by atoms with van der Waals surface area (Å²) in [5, 5.41) is 2.99. The number of aryl methyl sites for hydroxylation is 2. The third kappa shape index (κ3) is 3.02. The van der Waals surface area contributed by atoms with Gasteiger partial charge in [-0.05, 0) is 50.5 Å². The largest absolute Gasteiger partial charge is 0.454 e. The van der Waals surface area contributed by atoms with E-state index in [0.717, 1.165) is 25.1 Å². The second kappa shape index (κ2) is 6.31. The Morgan fingerprint density at radius 3 is 2.88 bits per heavy atom. The molecule has 2 heterocycles. The molecule has 0 aliphatic carbocycles. The van der Waals surface area contributed by atoms with Crippen LogP contribution in [0, 0.1) is 6.92 Å². The highest BCUT2D eigenvalue weighted by Crippen LogP contribution is 2.34. The van der Waals surface area contributed by atoms with Crippen LogP contribution in [0.4, 0.5) is 11.4 Å². The van der Waals surface area contributed by atoms with Gasteiger partial charge < -0.3 is 19.7 Å². The third-order valence-corrected chi connectivity index (χ3v) is 4.88. The topological polar surface area (TPSA) is 50.8 Å². The number of nitrogens with one attached hydrogen (secondary N) is 1. The number of hydrogen-bond donors (Lipinski definition) is 1. The Labute approximate surface area is 147 Å². The highest BCUT2D eigenvalue weighted by molar-refractivity contribution is 5.97. The summed E-state index contributed by atoms with van der Waals surface area (Å²) in [6.45, 7) is 5.19. The van der Waals surface area contributed by atoms with Crippen molar-refractivity contribution in [3.63, 3.8) is 0 Å². The Kier molecular flexibility index (Phi) is 3.99. The van der Waals surface area contributed by atoms with Gasteiger partial charge in [0.15, 0.2) is 11.5 Å². The molecule has 0 saturated heterocycles. The Morgan fingerprint density at radius 1 is 1.16 bits per heavy atom. The quantitative estimate of drug-likeness (QED) is 0.930. The van der Waals surface area contributed by atoms with E-state index in [-0.39, 0.29) is 18.7 Å². The number of carbonyl (C=O) groups excluding carboxylic acids is 1. The molecular formula is C20H22N2O3. The smallest absolute Gasteiger partial charge is 0.246 e. The molecule has 0 unspecified atom stereocenters. The molecular weight excluding hydrogens is 316 g/mol. The molecule has 1 atom stereocenters. The molecule has 25 heavy (non-hydrogen) atoms. The van der Waals surface area contributed by atoms with Gasteiger partial charge in [0.2, 0.25) is 12.7 Å². The molecule has 0 radical (unpaired) electrons. The normalized spacial score (nSPS) is 16.3. The summed E-state index contributed by atoms with van der Waals surface area (Å²) in [5.41, 5.74) is 4.49. The summed E-state index contributed by atoms with van der Waals surface area (Å²) in [6, 6.07) is 11.7. The fourth-order valence-electron chi connectivity index (χ4n) is 3.52. The third-order valence-electron chi connectivity index (χ3n) is 4.88. The highest BCUT2D eigenvalue weighted by atomic mass is 16.7. The first-order valence-electron chi connectivity index (χ1n) is 8.68. The predicted molar refractivity (Wildman–Crippen MR) is 97.5 cm³/mol. The summed E-state index contributed by atoms with van der Waals surface area (Å²) >= 11 is 0. The molecule has 0 aromatic heterocycles. The minimum atomic E-state index is -0.243. The van der Waals surface area contributed by atoms with Crippen LogP contribution >= 0.6 is 0 Å². The van der Waals surface area contributed by atoms with Gasteiger partial charge in [0, 0.05) is 24.0 Å². The van der Waals surface area contributed by atoms with E-state index in [1.165, 1.54) is 16.8 Å². The van der Waals surface area contributed by atoms with E-state index in [0.29, 0.717) is 11.5 Å². The van der Waals surface area contributed by atoms with Crippen molar-refractivity contribution in [1.29, 1.82) is 0 Å². The van der Waals surface area contributed by atoms with E-state index in [1.807, 2.05) is 19.1 Å². The monoisotopic (exact) mass is 338 g/mol. The summed E-state index contributed by atoms with van der Waals surface area (Å²) in [5.74, 6) is 1.36. The van der Waals surface area contributed by atoms with Crippen molar-refractivity contribution in [2.24, 2.45) is 0 Å². The lowest BCUT2D eigenvalue weighted by Gasteiger charge is -2.35. The highest BCUT2D eigenvalue weighted by Gasteiger charge is 2.26. The number of fused-ring (bicyclic) bond motifs is 2. The van der Waals surface area contributed by atoms with Gasteiger partial charge in [-0.2, -0.15) is 0 Å². The Balaban J connectivity index is 1.51. The van der Waals surface area contributed by atoms with E-state index in [9.17, 15) is 4.79 Å². The number of ether oxygens (including phenoxy) is 2. The summed E-state index contributed by atoms with van der Waals surface area (Å²) < 4.78 is 10.7. The molecule has 2 aliphatic rings. The van der Waals surface area contributed by atoms with Crippen LogP contribution in [-0.4, -0.2) is 25.3 Å². The van der Waals surface area contributed by atoms with Crippen molar-refractivity contribution in [3.8, 4) is 11.5 Å². The number of benzene rings is 2. The zero-order valence-electron chi connectivity index (χ0n) is 14.5. The second-order valence-electron chi connectivity index (χ2n) is 6.66. The maximum atomic E-state index is 12.8. The van der Waals surface area contributed by atoms with Gasteiger partial charge >= 0.3 is 0 Å². The lowest BCUT2D eigenvalue weighted by molar-refractivity contribution is -0.117. The Morgan fingerprint density at radius 2 is 2.00 bits per heavy atom. The van der Waals surface area contributed by atoms with Gasteiger partial charge in [-0.15, -0.1) is 0 Å². The molecule has 0 fully saturated rings. The molecule has 1 amide bonds. The second-order valence-corrected chi connectivity index (χ2v) is 6.66. The maximum Gasteiger partial charge on any atom is 0.246 e. The minimum Gasteiger partial charge on any atom is -0.454 e. The summed E-state index contributed by atoms with van der Waals surface area (Å²) in [7, 11) is 0. The zero-order chi connectivity index (χ0) is 17.4. The number of carbonyl (C=O) groups is 1. The van der Waals surface area contributed by atoms with Gasteiger partial charge in [-0.3, -0.25) is 4.79 Å². The van der Waals surface area contributed by atoms with Crippen molar-refractivity contribution in [1.82, 2.24) is 0 Å². The van der Waals surface area contributed by atoms with E-state index in [4.69, 9.17) is 9.47 Å². The number of rotatable bonds is 3. The Bertz CT molecular complexity index is 819. The van der Waals surface area contributed by atoms with Crippen LogP contribution in [0.15, 0.2) is 36.4 Å². The van der Waals surface area contributed by atoms with Gasteiger partial charge in [-0.25, -0.2) is 0 Å². The average Bonchev–Trinajstić information content (AvgIpc) is 3.08. The SMILES string of the molecule is Cc1ccc2c(c1)CCCN2[C@@H](C)C(=O)Nc1ccc2c(c1)OCO2. The van der Waals surface area contributed by atoms with Crippen LogP contribution in [0.2, 0.25) is 0 Å². The van der Waals surface area contributed by atoms with Gasteiger partial charge in [0.25, 0.3) is 0 Å². The fourth-order valence-corrected chi connectivity index (χ4v) is 3.52. The first-order valence-corrected chi connectivity index (χ1v) is 8.68. The lowest BCUT2D eigenvalue weighted by atomic mass is 9.98. The van der Waals surface area contributed by atoms with Gasteiger partial charge in [0.05, 0.1) is 0 Å². The van der Waals surface area contributed by atoms with Gasteiger partial charge in [0.1, 0.15) is 6.04 Å². The molecule has 4 rings (SSSR count). The van der Waals surface area contributed by atoms with Crippen molar-refractivity contribution >= 4 is 17.3 Å². The van der Waals surface area contributed by atoms with Crippen molar-refractivity contribution < 1.29 is 14.3 Å². The molecule has 0 bridgehead atoms. The number of anilines is 2. The molecule has 0 spiro atoms. The zero-order valence-corrected chi connectivity index (χ0v) is 14.5. The van der Waals surface area contributed by atoms with Crippen LogP contribution in [-0.2, 0) is 11.2 Å². The molecule has 2 aromatic carbocycles. The molecule has 2 aliphatic heterocycles. The fraction of sp³-hybridized carbons (Fsp3) is 0.350. The van der Waals surface area contributed by atoms with Crippen LogP contribution in [0.5, 0.6) is 11.5 Å². The van der Waals surface area contributed by atoms with Crippen molar-refractivity contribution in [2.75, 3.05) is 23.6 Å². The molecule has 5 nitrogen and oxygen atoms in total. The molecule has 5 heteroatoms. The predicted octanol–water partition coefficient (Wildman–Crippen LogP) is 3.50. The van der Waals surface area contributed by atoms with E-state index in [1.54, 1.807) is 6.07 Å². The standard InChI is InChI=1S/C20H22N2O3/c1-13-5-7-17-15(10-13)4-3-9-22(17)14(2)20(23)21-16-6-8-18-19(11-16)25-12-24-18/h5-8,10-11,14H,3-4,9,12H2,1-2H3,(H,21,23)/t14-/m0/s1. The lowest BCUT2D eigenvalue weighted by Crippen LogP contribution is -2.44. The van der Waals surface area contributed by atoms with Crippen LogP contribution < -0.4 is 19.7 Å². The Hall–Kier alpha value is -2.69. The molecule has 2 aromatic rings. The van der Waals surface area contributed by atoms with Crippen LogP contribution in [0.25, 0.3) is 0 Å². The van der Waals surface area contributed by atoms with E-state index >= 15 is 0 Å². The number of nitrogens with zero attached hydrogens (tertiary/aromatic N) is 1. The molecule has 130 valence electrons. The summed E-state index contributed by atoms with van der Waals surface area (Å²) in [6.07, 6.45) is 2.14. The number of amides is 1. The van der Waals surface area contributed by atoms with Crippen LogP contribution in [0.1, 0.15) is 24.5 Å². The average molecular weight is 338 g/mol. The first kappa shape index (κ1) is 15.8. The van der Waals surface area contributed by atoms with E-state index in [2.05, 4.69) is 35.3 Å². The minimum absolute atomic E-state index is 0.0210.